The maximum absolute atomic E-state index is 11.9. The summed E-state index contributed by atoms with van der Waals surface area (Å²) in [5.74, 6) is 2.27. The molecule has 0 saturated heterocycles. The van der Waals surface area contributed by atoms with Crippen molar-refractivity contribution >= 4 is 29.4 Å². The third-order valence-corrected chi connectivity index (χ3v) is 8.40. The minimum atomic E-state index is -4.04. The molecule has 0 saturated carbocycles. The van der Waals surface area contributed by atoms with E-state index in [0.717, 1.165) is 50.0 Å². The average Bonchev–Trinajstić information content (AvgIpc) is 2.90. The summed E-state index contributed by atoms with van der Waals surface area (Å²) >= 11 is 0. The number of phosphoric acid groups is 1. The number of hydrogen-bond acceptors (Lipinski definition) is 12. The van der Waals surface area contributed by atoms with Gasteiger partial charge in [0.25, 0.3) is 0 Å². The van der Waals surface area contributed by atoms with Gasteiger partial charge in [-0.3, -0.25) is 9.05 Å². The van der Waals surface area contributed by atoms with Crippen LogP contribution in [-0.2, 0) is 37.3 Å². The van der Waals surface area contributed by atoms with Crippen LogP contribution in [0.3, 0.4) is 0 Å². The van der Waals surface area contributed by atoms with Gasteiger partial charge in [-0.25, -0.2) is 4.57 Å². The Bertz CT molecular complexity index is 510. The number of phosphoric ester groups is 1. The first-order valence-corrected chi connectivity index (χ1v) is 17.6. The van der Waals surface area contributed by atoms with Crippen LogP contribution in [0.25, 0.3) is 0 Å². The molecule has 230 valence electrons. The number of aliphatic hydroxyl groups is 2. The molecule has 3 N–H and O–H groups in total. The van der Waals surface area contributed by atoms with E-state index in [1.165, 1.54) is 12.8 Å². The highest BCUT2D eigenvalue weighted by Gasteiger charge is 2.20. The summed E-state index contributed by atoms with van der Waals surface area (Å²) in [5.41, 5.74) is 0. The summed E-state index contributed by atoms with van der Waals surface area (Å²) in [5, 5.41) is 17.3. The zero-order valence-corrected chi connectivity index (χ0v) is 25.4. The Morgan fingerprint density at radius 1 is 0.447 bits per heavy atom. The highest BCUT2D eigenvalue weighted by atomic mass is 33.1. The Kier molecular flexibility index (Phi) is 32.5. The average molecular weight is 611 g/mol. The minimum absolute atomic E-state index is 0.0109. The first-order chi connectivity index (χ1) is 18.6. The zero-order valence-electron chi connectivity index (χ0n) is 22.8. The fourth-order valence-corrected chi connectivity index (χ4v) is 5.87. The van der Waals surface area contributed by atoms with Crippen molar-refractivity contribution in [1.29, 1.82) is 0 Å². The molecule has 0 aliphatic heterocycles. The molecular weight excluding hydrogens is 559 g/mol. The first-order valence-electron chi connectivity index (χ1n) is 13.6. The number of unbranched alkanes of at least 4 members (excludes halogenated alkanes) is 6. The van der Waals surface area contributed by atoms with Crippen molar-refractivity contribution in [2.75, 3.05) is 104 Å². The maximum atomic E-state index is 11.9. The van der Waals surface area contributed by atoms with Gasteiger partial charge in [0, 0.05) is 18.1 Å². The summed E-state index contributed by atoms with van der Waals surface area (Å²) in [7, 11) is -0.226. The van der Waals surface area contributed by atoms with Gasteiger partial charge in [-0.2, -0.15) is 0 Å². The molecule has 1 unspecified atom stereocenters. The monoisotopic (exact) mass is 610 g/mol. The third kappa shape index (κ3) is 32.7. The van der Waals surface area contributed by atoms with Crippen molar-refractivity contribution in [2.24, 2.45) is 0 Å². The van der Waals surface area contributed by atoms with E-state index in [9.17, 15) is 9.46 Å². The van der Waals surface area contributed by atoms with Gasteiger partial charge in [0.1, 0.15) is 0 Å². The van der Waals surface area contributed by atoms with Crippen LogP contribution in [0.4, 0.5) is 0 Å². The Balaban J connectivity index is 3.27. The number of rotatable bonds is 33. The molecule has 0 heterocycles. The highest BCUT2D eigenvalue weighted by Crippen LogP contribution is 2.43. The molecular formula is C24H51O11PS2. The fraction of sp³-hybridized carbons (Fsp3) is 1.00. The van der Waals surface area contributed by atoms with Crippen LogP contribution >= 0.6 is 29.4 Å². The van der Waals surface area contributed by atoms with E-state index in [-0.39, 0.29) is 26.4 Å². The van der Waals surface area contributed by atoms with Crippen molar-refractivity contribution in [3.05, 3.63) is 0 Å². The van der Waals surface area contributed by atoms with Gasteiger partial charge < -0.3 is 38.8 Å². The van der Waals surface area contributed by atoms with Gasteiger partial charge in [-0.1, -0.05) is 47.3 Å². The lowest BCUT2D eigenvalue weighted by atomic mass is 10.2. The van der Waals surface area contributed by atoms with Crippen molar-refractivity contribution < 1.29 is 52.4 Å². The molecule has 1 atom stereocenters. The topological polar surface area (TPSA) is 142 Å². The van der Waals surface area contributed by atoms with Gasteiger partial charge in [0.2, 0.25) is 0 Å². The Hall–Kier alpha value is 0.530. The van der Waals surface area contributed by atoms with Gasteiger partial charge >= 0.3 is 7.82 Å². The lowest BCUT2D eigenvalue weighted by Crippen LogP contribution is -2.14. The second kappa shape index (κ2) is 32.0. The zero-order chi connectivity index (χ0) is 27.8. The van der Waals surface area contributed by atoms with Crippen molar-refractivity contribution in [3.8, 4) is 0 Å². The molecule has 0 aromatic carbocycles. The first kappa shape index (κ1) is 38.5. The highest BCUT2D eigenvalue weighted by molar-refractivity contribution is 8.76. The van der Waals surface area contributed by atoms with Gasteiger partial charge in [0.15, 0.2) is 0 Å². The molecule has 0 aliphatic carbocycles. The molecule has 0 fully saturated rings. The number of hydrogen-bond donors (Lipinski definition) is 3. The quantitative estimate of drug-likeness (QED) is 0.0565. The molecule has 14 heteroatoms. The smallest absolute Gasteiger partial charge is 0.396 e. The second-order valence-electron chi connectivity index (χ2n) is 8.12. The molecule has 0 bridgehead atoms. The van der Waals surface area contributed by atoms with Crippen LogP contribution in [-0.4, -0.2) is 119 Å². The van der Waals surface area contributed by atoms with Gasteiger partial charge in [0.05, 0.1) is 85.9 Å². The minimum Gasteiger partial charge on any atom is -0.396 e. The molecule has 0 spiro atoms. The van der Waals surface area contributed by atoms with Gasteiger partial charge in [-0.05, 0) is 25.7 Å². The summed E-state index contributed by atoms with van der Waals surface area (Å²) in [6, 6.07) is 0. The van der Waals surface area contributed by atoms with E-state index in [0.29, 0.717) is 66.1 Å². The Morgan fingerprint density at radius 2 is 0.842 bits per heavy atom. The third-order valence-electron chi connectivity index (χ3n) is 4.80. The van der Waals surface area contributed by atoms with Crippen molar-refractivity contribution in [1.82, 2.24) is 0 Å². The van der Waals surface area contributed by atoms with E-state index in [1.807, 2.05) is 21.6 Å². The predicted molar refractivity (Wildman–Crippen MR) is 152 cm³/mol. The fourth-order valence-electron chi connectivity index (χ4n) is 2.84. The largest absolute Gasteiger partial charge is 0.472 e. The standard InChI is InChI=1S/C24H51O11PS2/c25-9-5-1-3-7-23-37-38-24-8-4-2-6-11-34-36(27,28)35-22-21-33-20-19-32-18-17-31-16-15-30-14-13-29-12-10-26/h25-26H,1-24H2,(H,27,28). The molecule has 0 amide bonds. The normalized spacial score (nSPS) is 13.2. The molecule has 38 heavy (non-hydrogen) atoms. The SMILES string of the molecule is O=P(O)(OCCCCCCSSCCCCCCO)OCCOCCOCCOCCOCCOCCO. The molecule has 0 aromatic rings. The van der Waals surface area contributed by atoms with E-state index in [4.69, 9.17) is 42.9 Å². The summed E-state index contributed by atoms with van der Waals surface area (Å²) < 4.78 is 48.2. The number of ether oxygens (including phenoxy) is 5. The molecule has 0 aromatic heterocycles. The lowest BCUT2D eigenvalue weighted by molar-refractivity contribution is -0.0153. The van der Waals surface area contributed by atoms with E-state index in [1.54, 1.807) is 0 Å². The van der Waals surface area contributed by atoms with E-state index < -0.39 is 7.82 Å². The van der Waals surface area contributed by atoms with Crippen LogP contribution in [0.2, 0.25) is 0 Å². The second-order valence-corrected chi connectivity index (χ2v) is 12.3. The maximum Gasteiger partial charge on any atom is 0.472 e. The lowest BCUT2D eigenvalue weighted by Gasteiger charge is -2.12. The molecule has 0 aliphatic rings. The van der Waals surface area contributed by atoms with E-state index in [2.05, 4.69) is 0 Å². The van der Waals surface area contributed by atoms with Crippen LogP contribution < -0.4 is 0 Å². The van der Waals surface area contributed by atoms with Crippen LogP contribution in [0.15, 0.2) is 0 Å². The van der Waals surface area contributed by atoms with Gasteiger partial charge in [-0.15, -0.1) is 0 Å². The summed E-state index contributed by atoms with van der Waals surface area (Å²) in [4.78, 5) is 9.71. The van der Waals surface area contributed by atoms with Crippen LogP contribution in [0.5, 0.6) is 0 Å². The predicted octanol–water partition coefficient (Wildman–Crippen LogP) is 3.69. The molecule has 0 radical (unpaired) electrons. The summed E-state index contributed by atoms with van der Waals surface area (Å²) in [6.45, 7) is 4.43. The molecule has 0 rings (SSSR count). The van der Waals surface area contributed by atoms with Crippen molar-refractivity contribution in [3.63, 3.8) is 0 Å². The summed E-state index contributed by atoms with van der Waals surface area (Å²) in [6.07, 6.45) is 8.29. The number of aliphatic hydroxyl groups excluding tert-OH is 2. The van der Waals surface area contributed by atoms with Crippen LogP contribution in [0.1, 0.15) is 51.4 Å². The van der Waals surface area contributed by atoms with Crippen molar-refractivity contribution in [2.45, 2.75) is 51.4 Å². The molecule has 11 nitrogen and oxygen atoms in total. The Labute approximate surface area is 237 Å². The Morgan fingerprint density at radius 3 is 1.32 bits per heavy atom. The van der Waals surface area contributed by atoms with Crippen LogP contribution in [0, 0.1) is 0 Å². The van der Waals surface area contributed by atoms with E-state index >= 15 is 0 Å².